The third-order valence-corrected chi connectivity index (χ3v) is 4.98. The first-order valence-corrected chi connectivity index (χ1v) is 9.13. The number of benzene rings is 1. The van der Waals surface area contributed by atoms with E-state index in [0.29, 0.717) is 6.61 Å². The van der Waals surface area contributed by atoms with Gasteiger partial charge in [0.05, 0.1) is 36.0 Å². The molecular weight excluding hydrogens is 405 g/mol. The topological polar surface area (TPSA) is 91.0 Å². The van der Waals surface area contributed by atoms with Crippen molar-refractivity contribution in [3.63, 3.8) is 0 Å². The van der Waals surface area contributed by atoms with Gasteiger partial charge in [0, 0.05) is 20.7 Å². The highest BCUT2D eigenvalue weighted by Gasteiger charge is 2.45. The van der Waals surface area contributed by atoms with E-state index in [1.807, 2.05) is 0 Å². The zero-order chi connectivity index (χ0) is 22.1. The second-order valence-electron chi connectivity index (χ2n) is 6.89. The fourth-order valence-corrected chi connectivity index (χ4v) is 3.51. The number of urea groups is 1. The molecule has 2 heterocycles. The molecule has 0 saturated carbocycles. The number of halogens is 3. The van der Waals surface area contributed by atoms with Crippen molar-refractivity contribution in [2.24, 2.45) is 0 Å². The Morgan fingerprint density at radius 2 is 2.00 bits per heavy atom. The lowest BCUT2D eigenvalue weighted by Gasteiger charge is -2.32. The molecule has 30 heavy (non-hydrogen) atoms. The maximum atomic E-state index is 13.5. The Bertz CT molecular complexity index is 900. The second-order valence-corrected chi connectivity index (χ2v) is 6.89. The first-order chi connectivity index (χ1) is 14.1. The third kappa shape index (κ3) is 4.11. The minimum absolute atomic E-state index is 0.0264. The molecule has 4 amide bonds. The van der Waals surface area contributed by atoms with Crippen molar-refractivity contribution in [1.82, 2.24) is 20.4 Å². The van der Waals surface area contributed by atoms with E-state index in [2.05, 4.69) is 10.6 Å². The summed E-state index contributed by atoms with van der Waals surface area (Å²) in [6.07, 6.45) is -4.66. The zero-order valence-corrected chi connectivity index (χ0v) is 16.4. The van der Waals surface area contributed by atoms with Crippen LogP contribution in [0.4, 0.5) is 18.0 Å². The number of rotatable bonds is 6. The average molecular weight is 426 g/mol. The molecule has 8 nitrogen and oxygen atoms in total. The van der Waals surface area contributed by atoms with Gasteiger partial charge < -0.3 is 20.3 Å². The summed E-state index contributed by atoms with van der Waals surface area (Å²) >= 11 is 0. The van der Waals surface area contributed by atoms with Crippen LogP contribution in [0.2, 0.25) is 0 Å². The molecule has 0 spiro atoms. The normalized spacial score (nSPS) is 19.2. The highest BCUT2D eigenvalue weighted by atomic mass is 19.4. The predicted octanol–water partition coefficient (Wildman–Crippen LogP) is 1.26. The Morgan fingerprint density at radius 3 is 2.67 bits per heavy atom. The number of hydrogen-bond acceptors (Lipinski definition) is 4. The largest absolute Gasteiger partial charge is 0.416 e. The first kappa shape index (κ1) is 21.6. The SMILES string of the molecule is COCCNC(=O)CN1CC2=C(C1=O)C(c1ccccc1C(F)(F)F)NC(=O)N2C. The van der Waals surface area contributed by atoms with Crippen LogP contribution in [0, 0.1) is 0 Å². The van der Waals surface area contributed by atoms with Crippen molar-refractivity contribution >= 4 is 17.8 Å². The molecule has 11 heteroatoms. The van der Waals surface area contributed by atoms with Crippen LogP contribution in [0.25, 0.3) is 0 Å². The van der Waals surface area contributed by atoms with E-state index >= 15 is 0 Å². The number of hydrogen-bond donors (Lipinski definition) is 2. The summed E-state index contributed by atoms with van der Waals surface area (Å²) in [6.45, 7) is 0.212. The highest BCUT2D eigenvalue weighted by Crippen LogP contribution is 2.41. The number of amides is 4. The number of alkyl halides is 3. The Balaban J connectivity index is 1.91. The van der Waals surface area contributed by atoms with Gasteiger partial charge in [0.25, 0.3) is 5.91 Å². The molecule has 2 aliphatic heterocycles. The molecule has 0 fully saturated rings. The van der Waals surface area contributed by atoms with Crippen LogP contribution in [0.15, 0.2) is 35.5 Å². The summed E-state index contributed by atoms with van der Waals surface area (Å²) in [6, 6.07) is 2.89. The molecule has 162 valence electrons. The van der Waals surface area contributed by atoms with Crippen molar-refractivity contribution in [3.8, 4) is 0 Å². The molecule has 1 atom stereocenters. The third-order valence-electron chi connectivity index (χ3n) is 4.98. The van der Waals surface area contributed by atoms with Crippen molar-refractivity contribution in [2.45, 2.75) is 12.2 Å². The van der Waals surface area contributed by atoms with Crippen molar-refractivity contribution < 1.29 is 32.3 Å². The van der Waals surface area contributed by atoms with E-state index < -0.39 is 35.6 Å². The van der Waals surface area contributed by atoms with E-state index in [0.717, 1.165) is 6.07 Å². The molecule has 2 aliphatic rings. The van der Waals surface area contributed by atoms with Gasteiger partial charge in [0.2, 0.25) is 5.91 Å². The number of ether oxygens (including phenoxy) is 1. The molecule has 3 rings (SSSR count). The standard InChI is InChI=1S/C19H21F3N4O4/c1-25-13-9-26(10-14(27)23-7-8-30-2)17(28)15(13)16(24-18(25)29)11-5-3-4-6-12(11)19(20,21)22/h3-6,16H,7-10H2,1-2H3,(H,23,27)(H,24,29). The number of likely N-dealkylation sites (N-methyl/N-ethyl adjacent to an activating group) is 1. The second kappa shape index (κ2) is 8.34. The fraction of sp³-hybridized carbons (Fsp3) is 0.421. The maximum Gasteiger partial charge on any atom is 0.416 e. The summed E-state index contributed by atoms with van der Waals surface area (Å²) in [7, 11) is 2.90. The van der Waals surface area contributed by atoms with Crippen molar-refractivity contribution in [3.05, 3.63) is 46.7 Å². The monoisotopic (exact) mass is 426 g/mol. The van der Waals surface area contributed by atoms with Crippen LogP contribution in [0.3, 0.4) is 0 Å². The van der Waals surface area contributed by atoms with Crippen molar-refractivity contribution in [2.75, 3.05) is 40.4 Å². The molecule has 0 saturated heterocycles. The van der Waals surface area contributed by atoms with E-state index in [1.54, 1.807) is 0 Å². The van der Waals surface area contributed by atoms with Crippen LogP contribution >= 0.6 is 0 Å². The van der Waals surface area contributed by atoms with Gasteiger partial charge in [-0.3, -0.25) is 14.5 Å². The van der Waals surface area contributed by atoms with Gasteiger partial charge in [-0.15, -0.1) is 0 Å². The smallest absolute Gasteiger partial charge is 0.383 e. The van der Waals surface area contributed by atoms with E-state index in [9.17, 15) is 27.6 Å². The quantitative estimate of drug-likeness (QED) is 0.671. The fourth-order valence-electron chi connectivity index (χ4n) is 3.51. The van der Waals surface area contributed by atoms with Gasteiger partial charge in [-0.25, -0.2) is 4.79 Å². The van der Waals surface area contributed by atoms with E-state index in [4.69, 9.17) is 4.74 Å². The molecule has 2 N–H and O–H groups in total. The van der Waals surface area contributed by atoms with Crippen LogP contribution < -0.4 is 10.6 Å². The van der Waals surface area contributed by atoms with E-state index in [-0.39, 0.29) is 36.5 Å². The molecule has 0 aromatic heterocycles. The Hall–Kier alpha value is -3.08. The first-order valence-electron chi connectivity index (χ1n) is 9.13. The Labute approximate surface area is 170 Å². The lowest BCUT2D eigenvalue weighted by molar-refractivity contribution is -0.138. The van der Waals surface area contributed by atoms with Gasteiger partial charge in [-0.2, -0.15) is 13.2 Å². The number of nitrogens with zero attached hydrogens (tertiary/aromatic N) is 2. The van der Waals surface area contributed by atoms with Crippen LogP contribution in [-0.4, -0.2) is 68.0 Å². The van der Waals surface area contributed by atoms with Crippen molar-refractivity contribution in [1.29, 1.82) is 0 Å². The van der Waals surface area contributed by atoms with Gasteiger partial charge in [-0.1, -0.05) is 18.2 Å². The lowest BCUT2D eigenvalue weighted by Crippen LogP contribution is -2.45. The summed E-state index contributed by atoms with van der Waals surface area (Å²) in [4.78, 5) is 39.8. The number of carbonyl (C=O) groups is 3. The Kier molecular flexibility index (Phi) is 6.01. The summed E-state index contributed by atoms with van der Waals surface area (Å²) in [5.41, 5.74) is -0.858. The zero-order valence-electron chi connectivity index (χ0n) is 16.4. The Morgan fingerprint density at radius 1 is 1.30 bits per heavy atom. The number of methoxy groups -OCH3 is 1. The van der Waals surface area contributed by atoms with Crippen LogP contribution in [0.5, 0.6) is 0 Å². The van der Waals surface area contributed by atoms with Gasteiger partial charge in [0.15, 0.2) is 0 Å². The van der Waals surface area contributed by atoms with E-state index in [1.165, 1.54) is 42.2 Å². The van der Waals surface area contributed by atoms with Gasteiger partial charge in [-0.05, 0) is 11.6 Å². The molecule has 0 radical (unpaired) electrons. The molecular formula is C19H21F3N4O4. The molecule has 1 aromatic carbocycles. The van der Waals surface area contributed by atoms with Crippen LogP contribution in [0.1, 0.15) is 17.2 Å². The van der Waals surface area contributed by atoms with Crippen LogP contribution in [-0.2, 0) is 20.5 Å². The minimum atomic E-state index is -4.66. The predicted molar refractivity (Wildman–Crippen MR) is 99.0 cm³/mol. The highest BCUT2D eigenvalue weighted by molar-refractivity contribution is 6.03. The summed E-state index contributed by atoms with van der Waals surface area (Å²) in [5, 5.41) is 5.06. The summed E-state index contributed by atoms with van der Waals surface area (Å²) < 4.78 is 45.4. The average Bonchev–Trinajstić information content (AvgIpc) is 3.01. The maximum absolute atomic E-state index is 13.5. The number of nitrogens with one attached hydrogen (secondary N) is 2. The molecule has 1 unspecified atom stereocenters. The summed E-state index contributed by atoms with van der Waals surface area (Å²) in [5.74, 6) is -1.03. The van der Waals surface area contributed by atoms with Gasteiger partial charge in [0.1, 0.15) is 6.54 Å². The molecule has 0 aliphatic carbocycles. The minimum Gasteiger partial charge on any atom is -0.383 e. The lowest BCUT2D eigenvalue weighted by atomic mass is 9.92. The molecule has 1 aromatic rings. The number of carbonyl (C=O) groups excluding carboxylic acids is 3. The van der Waals surface area contributed by atoms with Gasteiger partial charge >= 0.3 is 12.2 Å². The molecule has 0 bridgehead atoms.